The van der Waals surface area contributed by atoms with E-state index in [0.717, 1.165) is 24.5 Å². The highest BCUT2D eigenvalue weighted by molar-refractivity contribution is 6.23. The SMILES string of the molecule is O=C1NC(=O)N(Cc2ccco2)C(=O)[C@H]1C=NCCN1CCCCC1. The van der Waals surface area contributed by atoms with E-state index in [9.17, 15) is 14.4 Å². The van der Waals surface area contributed by atoms with E-state index in [1.54, 1.807) is 12.1 Å². The molecule has 2 aliphatic rings. The van der Waals surface area contributed by atoms with Crippen LogP contribution in [-0.2, 0) is 16.1 Å². The third kappa shape index (κ3) is 4.33. The highest BCUT2D eigenvalue weighted by Crippen LogP contribution is 2.14. The average molecular weight is 346 g/mol. The Morgan fingerprint density at radius 1 is 1.24 bits per heavy atom. The number of nitrogens with one attached hydrogen (secondary N) is 1. The lowest BCUT2D eigenvalue weighted by molar-refractivity contribution is -0.139. The molecule has 25 heavy (non-hydrogen) atoms. The maximum atomic E-state index is 12.5. The molecule has 1 aromatic rings. The fourth-order valence-corrected chi connectivity index (χ4v) is 3.03. The quantitative estimate of drug-likeness (QED) is 0.613. The fraction of sp³-hybridized carbons (Fsp3) is 0.529. The Bertz CT molecular complexity index is 650. The zero-order chi connectivity index (χ0) is 17.6. The van der Waals surface area contributed by atoms with Crippen LogP contribution in [0.3, 0.4) is 0 Å². The van der Waals surface area contributed by atoms with E-state index in [1.807, 2.05) is 0 Å². The number of carbonyl (C=O) groups is 3. The second kappa shape index (κ2) is 8.06. The Hall–Kier alpha value is -2.48. The van der Waals surface area contributed by atoms with Crippen molar-refractivity contribution in [2.45, 2.75) is 25.8 Å². The van der Waals surface area contributed by atoms with Crippen molar-refractivity contribution in [1.82, 2.24) is 15.1 Å². The molecular weight excluding hydrogens is 324 g/mol. The molecule has 0 radical (unpaired) electrons. The predicted molar refractivity (Wildman–Crippen MR) is 89.9 cm³/mol. The molecule has 0 unspecified atom stereocenters. The molecule has 1 aromatic heterocycles. The summed E-state index contributed by atoms with van der Waals surface area (Å²) in [4.78, 5) is 43.9. The van der Waals surface area contributed by atoms with Gasteiger partial charge in [0.05, 0.1) is 19.4 Å². The van der Waals surface area contributed by atoms with Crippen molar-refractivity contribution >= 4 is 24.1 Å². The highest BCUT2D eigenvalue weighted by atomic mass is 16.3. The number of imide groups is 2. The second-order valence-corrected chi connectivity index (χ2v) is 6.23. The summed E-state index contributed by atoms with van der Waals surface area (Å²) in [6, 6.07) is 2.61. The summed E-state index contributed by atoms with van der Waals surface area (Å²) in [7, 11) is 0. The van der Waals surface area contributed by atoms with Crippen molar-refractivity contribution in [3.05, 3.63) is 24.2 Å². The minimum atomic E-state index is -1.07. The van der Waals surface area contributed by atoms with Gasteiger partial charge in [-0.15, -0.1) is 0 Å². The highest BCUT2D eigenvalue weighted by Gasteiger charge is 2.39. The van der Waals surface area contributed by atoms with Gasteiger partial charge in [0.25, 0.3) is 0 Å². The Morgan fingerprint density at radius 3 is 2.76 bits per heavy atom. The molecule has 2 saturated heterocycles. The van der Waals surface area contributed by atoms with E-state index in [0.29, 0.717) is 12.3 Å². The molecule has 2 aliphatic heterocycles. The van der Waals surface area contributed by atoms with Gasteiger partial charge in [-0.2, -0.15) is 0 Å². The van der Waals surface area contributed by atoms with Gasteiger partial charge in [-0.3, -0.25) is 24.8 Å². The van der Waals surface area contributed by atoms with E-state index < -0.39 is 23.8 Å². The monoisotopic (exact) mass is 346 g/mol. The van der Waals surface area contributed by atoms with Crippen molar-refractivity contribution in [2.75, 3.05) is 26.2 Å². The molecule has 0 spiro atoms. The first-order valence-electron chi connectivity index (χ1n) is 8.56. The number of aliphatic imine (C=N–C) groups is 1. The van der Waals surface area contributed by atoms with Crippen molar-refractivity contribution in [3.63, 3.8) is 0 Å². The number of hydrogen-bond donors (Lipinski definition) is 1. The van der Waals surface area contributed by atoms with Crippen molar-refractivity contribution in [2.24, 2.45) is 10.9 Å². The van der Waals surface area contributed by atoms with Gasteiger partial charge in [0.1, 0.15) is 5.76 Å². The van der Waals surface area contributed by atoms with Crippen molar-refractivity contribution in [3.8, 4) is 0 Å². The number of nitrogens with zero attached hydrogens (tertiary/aromatic N) is 3. The summed E-state index contributed by atoms with van der Waals surface area (Å²) in [5.74, 6) is -1.81. The molecule has 3 rings (SSSR count). The Kier molecular flexibility index (Phi) is 5.60. The van der Waals surface area contributed by atoms with Crippen LogP contribution < -0.4 is 5.32 Å². The van der Waals surface area contributed by atoms with Crippen LogP contribution in [0.15, 0.2) is 27.8 Å². The minimum Gasteiger partial charge on any atom is -0.467 e. The van der Waals surface area contributed by atoms with Crippen LogP contribution >= 0.6 is 0 Å². The number of carbonyl (C=O) groups excluding carboxylic acids is 3. The number of rotatable bonds is 6. The molecule has 1 N–H and O–H groups in total. The van der Waals surface area contributed by atoms with Crippen molar-refractivity contribution < 1.29 is 18.8 Å². The van der Waals surface area contributed by atoms with E-state index in [4.69, 9.17) is 4.42 Å². The summed E-state index contributed by atoms with van der Waals surface area (Å²) < 4.78 is 5.16. The van der Waals surface area contributed by atoms with Crippen LogP contribution in [-0.4, -0.2) is 60.0 Å². The van der Waals surface area contributed by atoms with Gasteiger partial charge < -0.3 is 9.32 Å². The van der Waals surface area contributed by atoms with E-state index in [1.165, 1.54) is 31.7 Å². The Balaban J connectivity index is 1.57. The number of urea groups is 1. The van der Waals surface area contributed by atoms with Crippen LogP contribution in [0, 0.1) is 5.92 Å². The van der Waals surface area contributed by atoms with Gasteiger partial charge in [-0.25, -0.2) is 4.79 Å². The first-order chi connectivity index (χ1) is 12.1. The van der Waals surface area contributed by atoms with Crippen LogP contribution in [0.5, 0.6) is 0 Å². The molecule has 1 atom stereocenters. The molecule has 0 aliphatic carbocycles. The van der Waals surface area contributed by atoms with Gasteiger partial charge in [0.2, 0.25) is 11.8 Å². The van der Waals surface area contributed by atoms with Gasteiger partial charge in [-0.1, -0.05) is 6.42 Å². The van der Waals surface area contributed by atoms with Gasteiger partial charge in [0.15, 0.2) is 5.92 Å². The second-order valence-electron chi connectivity index (χ2n) is 6.23. The average Bonchev–Trinajstić information content (AvgIpc) is 3.12. The molecule has 2 fully saturated rings. The first-order valence-corrected chi connectivity index (χ1v) is 8.56. The molecule has 134 valence electrons. The predicted octanol–water partition coefficient (Wildman–Crippen LogP) is 1.03. The normalized spacial score (nSPS) is 22.6. The minimum absolute atomic E-state index is 0.0108. The Labute approximate surface area is 145 Å². The maximum Gasteiger partial charge on any atom is 0.331 e. The van der Waals surface area contributed by atoms with Crippen LogP contribution in [0.1, 0.15) is 25.0 Å². The molecular formula is C17H22N4O4. The lowest BCUT2D eigenvalue weighted by Gasteiger charge is -2.28. The standard InChI is InChI=1S/C17H22N4O4/c22-15-14(11-18-6-9-20-7-2-1-3-8-20)16(23)21(17(24)19-15)12-13-5-4-10-25-13/h4-5,10-11,14H,1-3,6-9,12H2,(H,19,22,24)/t14-/m0/s1. The van der Waals surface area contributed by atoms with E-state index >= 15 is 0 Å². The summed E-state index contributed by atoms with van der Waals surface area (Å²) in [5.41, 5.74) is 0. The van der Waals surface area contributed by atoms with E-state index in [2.05, 4.69) is 15.2 Å². The maximum absolute atomic E-state index is 12.5. The van der Waals surface area contributed by atoms with E-state index in [-0.39, 0.29) is 6.54 Å². The molecule has 8 nitrogen and oxygen atoms in total. The van der Waals surface area contributed by atoms with Gasteiger partial charge in [-0.05, 0) is 38.1 Å². The molecule has 0 aromatic carbocycles. The largest absolute Gasteiger partial charge is 0.467 e. The zero-order valence-electron chi connectivity index (χ0n) is 14.0. The lowest BCUT2D eigenvalue weighted by atomic mass is 10.1. The molecule has 0 saturated carbocycles. The number of likely N-dealkylation sites (tertiary alicyclic amines) is 1. The molecule has 8 heteroatoms. The van der Waals surface area contributed by atoms with Gasteiger partial charge >= 0.3 is 6.03 Å². The summed E-state index contributed by atoms with van der Waals surface area (Å²) in [6.45, 7) is 3.48. The third-order valence-corrected chi connectivity index (χ3v) is 4.43. The number of barbiturate groups is 1. The topological polar surface area (TPSA) is 95.2 Å². The smallest absolute Gasteiger partial charge is 0.331 e. The summed E-state index contributed by atoms with van der Waals surface area (Å²) in [6.07, 6.45) is 6.50. The number of amides is 4. The van der Waals surface area contributed by atoms with Crippen LogP contribution in [0.2, 0.25) is 0 Å². The summed E-state index contributed by atoms with van der Waals surface area (Å²) in [5, 5.41) is 2.20. The van der Waals surface area contributed by atoms with Gasteiger partial charge in [0, 0.05) is 12.8 Å². The fourth-order valence-electron chi connectivity index (χ4n) is 3.03. The van der Waals surface area contributed by atoms with Crippen LogP contribution in [0.25, 0.3) is 0 Å². The number of piperidine rings is 1. The Morgan fingerprint density at radius 2 is 2.04 bits per heavy atom. The zero-order valence-corrected chi connectivity index (χ0v) is 14.0. The first kappa shape index (κ1) is 17.3. The number of hydrogen-bond acceptors (Lipinski definition) is 6. The molecule has 0 bridgehead atoms. The molecule has 4 amide bonds. The third-order valence-electron chi connectivity index (χ3n) is 4.43. The molecule has 3 heterocycles. The summed E-state index contributed by atoms with van der Waals surface area (Å²) >= 11 is 0. The lowest BCUT2D eigenvalue weighted by Crippen LogP contribution is -2.57. The number of furan rings is 1. The van der Waals surface area contributed by atoms with Crippen LogP contribution in [0.4, 0.5) is 4.79 Å². The van der Waals surface area contributed by atoms with Crippen molar-refractivity contribution in [1.29, 1.82) is 0 Å².